The van der Waals surface area contributed by atoms with Gasteiger partial charge in [0, 0.05) is 7.11 Å². The zero-order valence-electron chi connectivity index (χ0n) is 7.63. The molecule has 0 saturated heterocycles. The smallest absolute Gasteiger partial charge is 0.143 e. The summed E-state index contributed by atoms with van der Waals surface area (Å²) in [5.74, 6) is 0.179. The van der Waals surface area contributed by atoms with Crippen LogP contribution < -0.4 is 5.73 Å². The summed E-state index contributed by atoms with van der Waals surface area (Å²) in [6, 6.07) is 3.38. The zero-order chi connectivity index (χ0) is 10.7. The van der Waals surface area contributed by atoms with Crippen molar-refractivity contribution in [2.75, 3.05) is 13.7 Å². The van der Waals surface area contributed by atoms with E-state index in [0.29, 0.717) is 15.6 Å². The lowest BCUT2D eigenvalue weighted by atomic mass is 10.1. The minimum Gasteiger partial charge on any atom is -0.506 e. The maximum atomic E-state index is 9.48. The van der Waals surface area contributed by atoms with Crippen LogP contribution in [0.15, 0.2) is 21.1 Å². The third-order valence-electron chi connectivity index (χ3n) is 1.81. The van der Waals surface area contributed by atoms with Crippen molar-refractivity contribution in [1.82, 2.24) is 0 Å². The van der Waals surface area contributed by atoms with Crippen molar-refractivity contribution < 1.29 is 9.84 Å². The monoisotopic (exact) mass is 323 g/mol. The Morgan fingerprint density at radius 3 is 2.36 bits per heavy atom. The highest BCUT2D eigenvalue weighted by atomic mass is 79.9. The molecule has 0 aliphatic heterocycles. The van der Waals surface area contributed by atoms with Gasteiger partial charge in [-0.25, -0.2) is 0 Å². The quantitative estimate of drug-likeness (QED) is 0.898. The average Bonchev–Trinajstić information content (AvgIpc) is 2.13. The van der Waals surface area contributed by atoms with Crippen LogP contribution >= 0.6 is 31.9 Å². The molecule has 14 heavy (non-hydrogen) atoms. The second kappa shape index (κ2) is 5.11. The Morgan fingerprint density at radius 1 is 1.43 bits per heavy atom. The van der Waals surface area contributed by atoms with Crippen LogP contribution in [0.1, 0.15) is 11.6 Å². The first-order chi connectivity index (χ1) is 6.56. The van der Waals surface area contributed by atoms with Crippen LogP contribution in [0.25, 0.3) is 0 Å². The normalized spacial score (nSPS) is 12.9. The summed E-state index contributed by atoms with van der Waals surface area (Å²) in [4.78, 5) is 0. The van der Waals surface area contributed by atoms with E-state index in [1.54, 1.807) is 19.2 Å². The van der Waals surface area contributed by atoms with E-state index in [1.165, 1.54) is 0 Å². The summed E-state index contributed by atoms with van der Waals surface area (Å²) < 4.78 is 6.19. The largest absolute Gasteiger partial charge is 0.506 e. The van der Waals surface area contributed by atoms with Gasteiger partial charge in [-0.2, -0.15) is 0 Å². The lowest BCUT2D eigenvalue weighted by Gasteiger charge is -2.12. The third-order valence-corrected chi connectivity index (χ3v) is 3.02. The second-order valence-electron chi connectivity index (χ2n) is 2.89. The maximum Gasteiger partial charge on any atom is 0.143 e. The van der Waals surface area contributed by atoms with Gasteiger partial charge in [0.15, 0.2) is 0 Å². The molecule has 1 aromatic carbocycles. The number of phenols is 1. The molecule has 3 nitrogen and oxygen atoms in total. The Kier molecular flexibility index (Phi) is 4.37. The number of hydrogen-bond acceptors (Lipinski definition) is 3. The van der Waals surface area contributed by atoms with Gasteiger partial charge in [-0.1, -0.05) is 0 Å². The van der Waals surface area contributed by atoms with E-state index < -0.39 is 0 Å². The number of aromatic hydroxyl groups is 1. The van der Waals surface area contributed by atoms with Crippen molar-refractivity contribution >= 4 is 31.9 Å². The van der Waals surface area contributed by atoms with Gasteiger partial charge in [0.05, 0.1) is 21.6 Å². The average molecular weight is 325 g/mol. The van der Waals surface area contributed by atoms with Crippen molar-refractivity contribution in [2.45, 2.75) is 6.04 Å². The Bertz CT molecular complexity index is 308. The van der Waals surface area contributed by atoms with Crippen LogP contribution in [-0.2, 0) is 4.74 Å². The number of methoxy groups -OCH3 is 1. The number of nitrogens with two attached hydrogens (primary N) is 1. The Labute approximate surface area is 99.5 Å². The van der Waals surface area contributed by atoms with E-state index in [9.17, 15) is 5.11 Å². The molecule has 0 saturated carbocycles. The topological polar surface area (TPSA) is 55.5 Å². The van der Waals surface area contributed by atoms with Gasteiger partial charge in [-0.15, -0.1) is 0 Å². The number of hydrogen-bond donors (Lipinski definition) is 2. The van der Waals surface area contributed by atoms with Crippen LogP contribution in [0, 0.1) is 0 Å². The summed E-state index contributed by atoms with van der Waals surface area (Å²) in [7, 11) is 1.60. The Balaban J connectivity index is 3.00. The molecule has 0 spiro atoms. The molecule has 1 unspecified atom stereocenters. The van der Waals surface area contributed by atoms with Crippen molar-refractivity contribution in [2.24, 2.45) is 5.73 Å². The van der Waals surface area contributed by atoms with Crippen LogP contribution in [0.4, 0.5) is 0 Å². The molecule has 1 atom stereocenters. The molecule has 5 heteroatoms. The van der Waals surface area contributed by atoms with Gasteiger partial charge in [-0.3, -0.25) is 0 Å². The minimum absolute atomic E-state index is 0.179. The first-order valence-corrected chi connectivity index (χ1v) is 5.57. The number of phenolic OH excluding ortho intramolecular Hbond substituents is 1. The van der Waals surface area contributed by atoms with E-state index in [4.69, 9.17) is 10.5 Å². The molecule has 0 fully saturated rings. The molecule has 1 aromatic rings. The Morgan fingerprint density at radius 2 is 1.93 bits per heavy atom. The predicted molar refractivity (Wildman–Crippen MR) is 62.3 cm³/mol. The summed E-state index contributed by atoms with van der Waals surface area (Å²) in [5, 5.41) is 9.48. The lowest BCUT2D eigenvalue weighted by Crippen LogP contribution is -2.16. The molecular weight excluding hydrogens is 314 g/mol. The molecule has 0 heterocycles. The molecule has 0 aromatic heterocycles. The van der Waals surface area contributed by atoms with Crippen molar-refractivity contribution in [3.05, 3.63) is 26.6 Å². The summed E-state index contributed by atoms with van der Waals surface area (Å²) in [6.45, 7) is 0.448. The van der Waals surface area contributed by atoms with E-state index in [0.717, 1.165) is 5.56 Å². The number of benzene rings is 1. The number of ether oxygens (including phenoxy) is 1. The first kappa shape index (κ1) is 12.0. The van der Waals surface area contributed by atoms with Crippen LogP contribution in [0.2, 0.25) is 0 Å². The minimum atomic E-state index is -0.187. The lowest BCUT2D eigenvalue weighted by molar-refractivity contribution is 0.181. The van der Waals surface area contributed by atoms with Crippen LogP contribution in [0.5, 0.6) is 5.75 Å². The molecule has 0 aliphatic carbocycles. The second-order valence-corrected chi connectivity index (χ2v) is 4.60. The Hall–Kier alpha value is -0.100. The van der Waals surface area contributed by atoms with E-state index >= 15 is 0 Å². The fourth-order valence-electron chi connectivity index (χ4n) is 1.07. The SMILES string of the molecule is COCC(N)c1cc(Br)c(O)c(Br)c1. The third kappa shape index (κ3) is 2.70. The molecular formula is C9H11Br2NO2. The van der Waals surface area contributed by atoms with E-state index in [1.807, 2.05) is 0 Å². The van der Waals surface area contributed by atoms with Crippen LogP contribution in [-0.4, -0.2) is 18.8 Å². The summed E-state index contributed by atoms with van der Waals surface area (Å²) in [6.07, 6.45) is 0. The highest BCUT2D eigenvalue weighted by Gasteiger charge is 2.11. The van der Waals surface area contributed by atoms with Crippen LogP contribution in [0.3, 0.4) is 0 Å². The highest BCUT2D eigenvalue weighted by molar-refractivity contribution is 9.11. The molecule has 1 rings (SSSR count). The van der Waals surface area contributed by atoms with Gasteiger partial charge >= 0.3 is 0 Å². The first-order valence-electron chi connectivity index (χ1n) is 3.98. The van der Waals surface area contributed by atoms with Gasteiger partial charge in [0.2, 0.25) is 0 Å². The number of halogens is 2. The summed E-state index contributed by atoms with van der Waals surface area (Å²) in [5.41, 5.74) is 6.75. The molecule has 0 radical (unpaired) electrons. The molecule has 0 bridgehead atoms. The van der Waals surface area contributed by atoms with Crippen molar-refractivity contribution in [3.8, 4) is 5.75 Å². The molecule has 0 amide bonds. The van der Waals surface area contributed by atoms with Gasteiger partial charge in [0.1, 0.15) is 5.75 Å². The van der Waals surface area contributed by atoms with Crippen molar-refractivity contribution in [1.29, 1.82) is 0 Å². The number of rotatable bonds is 3. The van der Waals surface area contributed by atoms with Gasteiger partial charge < -0.3 is 15.6 Å². The fourth-order valence-corrected chi connectivity index (χ4v) is 2.30. The standard InChI is InChI=1S/C9H11Br2NO2/c1-14-4-8(12)5-2-6(10)9(13)7(11)3-5/h2-3,8,13H,4,12H2,1H3. The fraction of sp³-hybridized carbons (Fsp3) is 0.333. The molecule has 78 valence electrons. The summed E-state index contributed by atoms with van der Waals surface area (Å²) >= 11 is 6.48. The zero-order valence-corrected chi connectivity index (χ0v) is 10.8. The highest BCUT2D eigenvalue weighted by Crippen LogP contribution is 2.34. The van der Waals surface area contributed by atoms with Crippen molar-refractivity contribution in [3.63, 3.8) is 0 Å². The predicted octanol–water partition coefficient (Wildman–Crippen LogP) is 2.56. The molecule has 3 N–H and O–H groups in total. The van der Waals surface area contributed by atoms with Gasteiger partial charge in [-0.05, 0) is 49.6 Å². The van der Waals surface area contributed by atoms with E-state index in [-0.39, 0.29) is 11.8 Å². The van der Waals surface area contributed by atoms with Gasteiger partial charge in [0.25, 0.3) is 0 Å². The maximum absolute atomic E-state index is 9.48. The van der Waals surface area contributed by atoms with E-state index in [2.05, 4.69) is 31.9 Å². The molecule has 0 aliphatic rings.